The zero-order chi connectivity index (χ0) is 17.5. The third-order valence-electron chi connectivity index (χ3n) is 4.47. The lowest BCUT2D eigenvalue weighted by Gasteiger charge is -2.27. The van der Waals surface area contributed by atoms with E-state index in [1.165, 1.54) is 0 Å². The molecule has 0 N–H and O–H groups in total. The molecule has 0 radical (unpaired) electrons. The highest BCUT2D eigenvalue weighted by molar-refractivity contribution is 5.96. The van der Waals surface area contributed by atoms with E-state index in [2.05, 4.69) is 24.3 Å². The van der Waals surface area contributed by atoms with Gasteiger partial charge >= 0.3 is 0 Å². The predicted octanol–water partition coefficient (Wildman–Crippen LogP) is 5.11. The molecule has 1 atom stereocenters. The van der Waals surface area contributed by atoms with Gasteiger partial charge in [0.05, 0.1) is 6.10 Å². The number of Topliss-reactive ketones (excluding diaryl/α,β-unsaturated/α-hetero) is 1. The lowest BCUT2D eigenvalue weighted by molar-refractivity contribution is 0.0665. The van der Waals surface area contributed by atoms with Gasteiger partial charge in [0.25, 0.3) is 0 Å². The maximum atomic E-state index is 12.7. The summed E-state index contributed by atoms with van der Waals surface area (Å²) in [5.41, 5.74) is 3.03. The molecule has 0 saturated heterocycles. The number of carbonyl (C=O) groups is 1. The average molecular weight is 330 g/mol. The molecule has 3 aromatic carbocycles. The number of ether oxygens (including phenoxy) is 1. The van der Waals surface area contributed by atoms with Crippen LogP contribution in [0.1, 0.15) is 33.8 Å². The van der Waals surface area contributed by atoms with E-state index in [9.17, 15) is 4.79 Å². The summed E-state index contributed by atoms with van der Waals surface area (Å²) in [5, 5.41) is 0. The van der Waals surface area contributed by atoms with Crippen LogP contribution in [0.3, 0.4) is 0 Å². The van der Waals surface area contributed by atoms with Gasteiger partial charge in [-0.3, -0.25) is 4.79 Å². The van der Waals surface area contributed by atoms with Gasteiger partial charge in [-0.25, -0.2) is 0 Å². The summed E-state index contributed by atoms with van der Waals surface area (Å²) < 4.78 is 5.79. The molecule has 0 saturated carbocycles. The maximum absolute atomic E-state index is 12.7. The minimum Gasteiger partial charge on any atom is -0.380 e. The Morgan fingerprint density at radius 2 is 1.20 bits per heavy atom. The maximum Gasteiger partial charge on any atom is 0.165 e. The van der Waals surface area contributed by atoms with Gasteiger partial charge in [0, 0.05) is 25.0 Å². The van der Waals surface area contributed by atoms with Crippen molar-refractivity contribution < 1.29 is 9.53 Å². The molecule has 1 unspecified atom stereocenters. The zero-order valence-electron chi connectivity index (χ0n) is 14.3. The lowest BCUT2D eigenvalue weighted by atomic mass is 9.84. The van der Waals surface area contributed by atoms with Crippen LogP contribution in [0.4, 0.5) is 0 Å². The fraction of sp³-hybridized carbons (Fsp3) is 0.174. The van der Waals surface area contributed by atoms with Crippen LogP contribution in [0.5, 0.6) is 0 Å². The fourth-order valence-electron chi connectivity index (χ4n) is 3.20. The first-order valence-corrected chi connectivity index (χ1v) is 8.50. The van der Waals surface area contributed by atoms with E-state index >= 15 is 0 Å². The zero-order valence-corrected chi connectivity index (χ0v) is 14.3. The van der Waals surface area contributed by atoms with E-state index in [1.54, 1.807) is 7.11 Å². The van der Waals surface area contributed by atoms with Crippen LogP contribution in [0.25, 0.3) is 0 Å². The molecule has 3 aromatic rings. The second kappa shape index (κ2) is 8.41. The third kappa shape index (κ3) is 4.23. The Hall–Kier alpha value is -2.71. The van der Waals surface area contributed by atoms with Crippen LogP contribution in [-0.4, -0.2) is 19.0 Å². The second-order valence-electron chi connectivity index (χ2n) is 6.07. The molecule has 0 aliphatic carbocycles. The number of ketones is 1. The highest BCUT2D eigenvalue weighted by atomic mass is 16.5. The first-order valence-electron chi connectivity index (χ1n) is 8.50. The minimum absolute atomic E-state index is 0.0139. The Bertz CT molecular complexity index is 743. The predicted molar refractivity (Wildman–Crippen MR) is 101 cm³/mol. The van der Waals surface area contributed by atoms with Gasteiger partial charge in [-0.05, 0) is 11.1 Å². The normalized spacial score (nSPS) is 12.1. The first-order chi connectivity index (χ1) is 12.3. The molecule has 0 spiro atoms. The van der Waals surface area contributed by atoms with Crippen molar-refractivity contribution in [2.45, 2.75) is 18.4 Å². The number of rotatable bonds is 7. The molecule has 0 aliphatic heterocycles. The van der Waals surface area contributed by atoms with E-state index in [1.807, 2.05) is 66.7 Å². The number of benzene rings is 3. The molecule has 0 aromatic heterocycles. The number of carbonyl (C=O) groups excluding carboxylic acids is 1. The molecule has 0 fully saturated rings. The van der Waals surface area contributed by atoms with Crippen LogP contribution in [0, 0.1) is 0 Å². The topological polar surface area (TPSA) is 26.3 Å². The van der Waals surface area contributed by atoms with E-state index in [0.717, 1.165) is 16.7 Å². The van der Waals surface area contributed by atoms with E-state index in [4.69, 9.17) is 4.74 Å². The highest BCUT2D eigenvalue weighted by Crippen LogP contribution is 2.31. The molecule has 3 rings (SSSR count). The summed E-state index contributed by atoms with van der Waals surface area (Å²) in [5.74, 6) is 0.115. The van der Waals surface area contributed by atoms with Gasteiger partial charge in [0.1, 0.15) is 0 Å². The van der Waals surface area contributed by atoms with Crippen molar-refractivity contribution in [2.24, 2.45) is 0 Å². The van der Waals surface area contributed by atoms with Crippen molar-refractivity contribution in [2.75, 3.05) is 7.11 Å². The molecule has 0 aliphatic rings. The van der Waals surface area contributed by atoms with E-state index < -0.39 is 0 Å². The van der Waals surface area contributed by atoms with Crippen LogP contribution in [0.2, 0.25) is 0 Å². The number of hydrogen-bond donors (Lipinski definition) is 0. The number of hydrogen-bond acceptors (Lipinski definition) is 2. The fourth-order valence-corrected chi connectivity index (χ4v) is 3.20. The van der Waals surface area contributed by atoms with E-state index in [-0.39, 0.29) is 17.8 Å². The van der Waals surface area contributed by atoms with Crippen LogP contribution < -0.4 is 0 Å². The van der Waals surface area contributed by atoms with Gasteiger partial charge in [-0.2, -0.15) is 0 Å². The molecular formula is C23H22O2. The molecule has 126 valence electrons. The van der Waals surface area contributed by atoms with Crippen LogP contribution in [-0.2, 0) is 4.74 Å². The van der Waals surface area contributed by atoms with Crippen molar-refractivity contribution in [1.29, 1.82) is 0 Å². The van der Waals surface area contributed by atoms with Gasteiger partial charge in [0.2, 0.25) is 0 Å². The standard InChI is InChI=1S/C23H22O2/c1-25-22(17-21(24)18-11-5-2-6-12-18)23(19-13-7-3-8-14-19)20-15-9-4-10-16-20/h2-16,22-23H,17H2,1H3. The highest BCUT2D eigenvalue weighted by Gasteiger charge is 2.27. The summed E-state index contributed by atoms with van der Waals surface area (Å²) in [6, 6.07) is 29.9. The van der Waals surface area contributed by atoms with Gasteiger partial charge in [-0.15, -0.1) is 0 Å². The van der Waals surface area contributed by atoms with Crippen LogP contribution in [0.15, 0.2) is 91.0 Å². The quantitative estimate of drug-likeness (QED) is 0.563. The summed E-state index contributed by atoms with van der Waals surface area (Å²) in [6.45, 7) is 0. The SMILES string of the molecule is COC(CC(=O)c1ccccc1)C(c1ccccc1)c1ccccc1. The van der Waals surface area contributed by atoms with Crippen molar-refractivity contribution in [1.82, 2.24) is 0 Å². The third-order valence-corrected chi connectivity index (χ3v) is 4.47. The van der Waals surface area contributed by atoms with E-state index in [0.29, 0.717) is 6.42 Å². The molecule has 25 heavy (non-hydrogen) atoms. The minimum atomic E-state index is -0.225. The van der Waals surface area contributed by atoms with Gasteiger partial charge < -0.3 is 4.74 Å². The molecule has 2 nitrogen and oxygen atoms in total. The Labute approximate surface area is 149 Å². The van der Waals surface area contributed by atoms with Crippen molar-refractivity contribution in [3.05, 3.63) is 108 Å². The Balaban J connectivity index is 1.92. The lowest BCUT2D eigenvalue weighted by Crippen LogP contribution is -2.25. The summed E-state index contributed by atoms with van der Waals surface area (Å²) in [6.07, 6.45) is 0.118. The monoisotopic (exact) mass is 330 g/mol. The van der Waals surface area contributed by atoms with Gasteiger partial charge in [0.15, 0.2) is 5.78 Å². The molecule has 0 bridgehead atoms. The smallest absolute Gasteiger partial charge is 0.165 e. The first kappa shape index (κ1) is 17.1. The molecule has 2 heteroatoms. The summed E-state index contributed by atoms with van der Waals surface area (Å²) in [4.78, 5) is 12.7. The van der Waals surface area contributed by atoms with Gasteiger partial charge in [-0.1, -0.05) is 91.0 Å². The Kier molecular flexibility index (Phi) is 5.76. The molecular weight excluding hydrogens is 308 g/mol. The summed E-state index contributed by atoms with van der Waals surface area (Å²) >= 11 is 0. The van der Waals surface area contributed by atoms with Crippen LogP contribution >= 0.6 is 0 Å². The summed E-state index contributed by atoms with van der Waals surface area (Å²) in [7, 11) is 1.68. The molecule has 0 heterocycles. The molecule has 0 amide bonds. The Morgan fingerprint density at radius 3 is 1.64 bits per heavy atom. The second-order valence-corrected chi connectivity index (χ2v) is 6.07. The van der Waals surface area contributed by atoms with Crippen molar-refractivity contribution in [3.8, 4) is 0 Å². The van der Waals surface area contributed by atoms with Crippen molar-refractivity contribution in [3.63, 3.8) is 0 Å². The Morgan fingerprint density at radius 1 is 0.760 bits per heavy atom. The number of methoxy groups -OCH3 is 1. The average Bonchev–Trinajstić information content (AvgIpc) is 2.69. The largest absolute Gasteiger partial charge is 0.380 e. The van der Waals surface area contributed by atoms with Crippen molar-refractivity contribution >= 4 is 5.78 Å².